The van der Waals surface area contributed by atoms with Gasteiger partial charge in [-0.15, -0.1) is 0 Å². The Morgan fingerprint density at radius 3 is 2.74 bits per heavy atom. The molecule has 5 heteroatoms. The molecule has 4 rings (SSSR count). The first-order valence-corrected chi connectivity index (χ1v) is 10.7. The first-order valence-electron chi connectivity index (χ1n) is 9.76. The Morgan fingerprint density at radius 1 is 1.26 bits per heavy atom. The number of rotatable bonds is 4. The topological polar surface area (TPSA) is 32.8 Å². The van der Waals surface area contributed by atoms with Gasteiger partial charge >= 0.3 is 0 Å². The van der Waals surface area contributed by atoms with E-state index in [0.717, 1.165) is 44.6 Å². The van der Waals surface area contributed by atoms with Crippen LogP contribution in [0.15, 0.2) is 41.1 Å². The highest BCUT2D eigenvalue weighted by Gasteiger charge is 2.43. The van der Waals surface area contributed by atoms with Crippen molar-refractivity contribution < 1.29 is 9.53 Å². The van der Waals surface area contributed by atoms with Gasteiger partial charge in [-0.1, -0.05) is 18.2 Å². The third-order valence-electron chi connectivity index (χ3n) is 5.98. The van der Waals surface area contributed by atoms with E-state index in [1.807, 2.05) is 20.2 Å². The summed E-state index contributed by atoms with van der Waals surface area (Å²) in [6.45, 7) is 3.12. The summed E-state index contributed by atoms with van der Waals surface area (Å²) in [7, 11) is 3.68. The van der Waals surface area contributed by atoms with Gasteiger partial charge in [0.15, 0.2) is 0 Å². The zero-order valence-electron chi connectivity index (χ0n) is 16.2. The van der Waals surface area contributed by atoms with Gasteiger partial charge in [0, 0.05) is 46.1 Å². The standard InChI is InChI=1S/C22H28N2O2S/c1-23(2)21(25)13-18-14-22(26-20-6-4-3-5-19(18)20)8-10-24(11-9-22)15-17-7-12-27-16-17/h3-7,12,16,18H,8-11,13-15H2,1-2H3/t18-/m0/s1. The van der Waals surface area contributed by atoms with Gasteiger partial charge in [0.05, 0.1) is 0 Å². The summed E-state index contributed by atoms with van der Waals surface area (Å²) in [5.41, 5.74) is 2.47. The number of hydrogen-bond acceptors (Lipinski definition) is 4. The lowest BCUT2D eigenvalue weighted by atomic mass is 9.76. The predicted octanol–water partition coefficient (Wildman–Crippen LogP) is 4.13. The minimum atomic E-state index is -0.128. The maximum Gasteiger partial charge on any atom is 0.222 e. The second-order valence-electron chi connectivity index (χ2n) is 8.12. The fourth-order valence-corrected chi connectivity index (χ4v) is 5.05. The summed E-state index contributed by atoms with van der Waals surface area (Å²) < 4.78 is 6.57. The van der Waals surface area contributed by atoms with Crippen LogP contribution in [0, 0.1) is 0 Å². The van der Waals surface area contributed by atoms with Crippen molar-refractivity contribution >= 4 is 17.2 Å². The van der Waals surface area contributed by atoms with Crippen molar-refractivity contribution in [3.8, 4) is 5.75 Å². The Kier molecular flexibility index (Phi) is 5.24. The molecule has 1 aromatic carbocycles. The first-order chi connectivity index (χ1) is 13.0. The molecule has 1 atom stereocenters. The number of amides is 1. The van der Waals surface area contributed by atoms with Gasteiger partial charge in [0.25, 0.3) is 0 Å². The van der Waals surface area contributed by atoms with Crippen molar-refractivity contribution in [3.63, 3.8) is 0 Å². The van der Waals surface area contributed by atoms with Crippen LogP contribution in [-0.2, 0) is 11.3 Å². The summed E-state index contributed by atoms with van der Waals surface area (Å²) in [6.07, 6.45) is 3.56. The molecule has 1 saturated heterocycles. The maximum atomic E-state index is 12.4. The van der Waals surface area contributed by atoms with Crippen LogP contribution in [0.2, 0.25) is 0 Å². The van der Waals surface area contributed by atoms with E-state index in [4.69, 9.17) is 4.74 Å². The lowest BCUT2D eigenvalue weighted by Crippen LogP contribution is -2.50. The summed E-state index contributed by atoms with van der Waals surface area (Å²) in [6, 6.07) is 10.5. The van der Waals surface area contributed by atoms with E-state index in [0.29, 0.717) is 6.42 Å². The lowest BCUT2D eigenvalue weighted by molar-refractivity contribution is -0.129. The minimum absolute atomic E-state index is 0.128. The quantitative estimate of drug-likeness (QED) is 0.795. The second kappa shape index (κ2) is 7.64. The van der Waals surface area contributed by atoms with Gasteiger partial charge in [-0.2, -0.15) is 11.3 Å². The van der Waals surface area contributed by atoms with E-state index in [2.05, 4.69) is 39.9 Å². The molecular formula is C22H28N2O2S. The molecular weight excluding hydrogens is 356 g/mol. The fraction of sp³-hybridized carbons (Fsp3) is 0.500. The highest BCUT2D eigenvalue weighted by atomic mass is 32.1. The van der Waals surface area contributed by atoms with Gasteiger partial charge in [0.1, 0.15) is 11.4 Å². The molecule has 1 aromatic heterocycles. The number of ether oxygens (including phenoxy) is 1. The highest BCUT2D eigenvalue weighted by Crippen LogP contribution is 2.46. The van der Waals surface area contributed by atoms with Crippen molar-refractivity contribution in [2.45, 2.75) is 43.7 Å². The number of benzene rings is 1. The van der Waals surface area contributed by atoms with Gasteiger partial charge < -0.3 is 9.64 Å². The Morgan fingerprint density at radius 2 is 2.04 bits per heavy atom. The predicted molar refractivity (Wildman–Crippen MR) is 109 cm³/mol. The van der Waals surface area contributed by atoms with Crippen molar-refractivity contribution in [1.29, 1.82) is 0 Å². The number of likely N-dealkylation sites (tertiary alicyclic amines) is 1. The maximum absolute atomic E-state index is 12.4. The lowest BCUT2D eigenvalue weighted by Gasteiger charge is -2.47. The molecule has 3 heterocycles. The smallest absolute Gasteiger partial charge is 0.222 e. The largest absolute Gasteiger partial charge is 0.487 e. The van der Waals surface area contributed by atoms with Crippen molar-refractivity contribution in [2.24, 2.45) is 0 Å². The number of carbonyl (C=O) groups is 1. The third kappa shape index (κ3) is 4.04. The summed E-state index contributed by atoms with van der Waals surface area (Å²) in [5, 5.41) is 4.38. The summed E-state index contributed by atoms with van der Waals surface area (Å²) >= 11 is 1.76. The normalized spacial score (nSPS) is 21.5. The minimum Gasteiger partial charge on any atom is -0.487 e. The van der Waals surface area contributed by atoms with Crippen LogP contribution in [0.25, 0.3) is 0 Å². The number of nitrogens with zero attached hydrogens (tertiary/aromatic N) is 2. The van der Waals surface area contributed by atoms with E-state index < -0.39 is 0 Å². The molecule has 144 valence electrons. The fourth-order valence-electron chi connectivity index (χ4n) is 4.39. The zero-order chi connectivity index (χ0) is 18.9. The Balaban J connectivity index is 1.48. The molecule has 27 heavy (non-hydrogen) atoms. The van der Waals surface area contributed by atoms with Crippen LogP contribution < -0.4 is 4.74 Å². The number of para-hydroxylation sites is 1. The molecule has 2 aromatic rings. The molecule has 0 N–H and O–H groups in total. The van der Waals surface area contributed by atoms with Crippen molar-refractivity contribution in [1.82, 2.24) is 9.80 Å². The van der Waals surface area contributed by atoms with E-state index in [9.17, 15) is 4.79 Å². The number of carbonyl (C=O) groups excluding carboxylic acids is 1. The molecule has 0 unspecified atom stereocenters. The monoisotopic (exact) mass is 384 g/mol. The molecule has 0 saturated carbocycles. The summed E-state index contributed by atoms with van der Waals surface area (Å²) in [4.78, 5) is 16.6. The van der Waals surface area contributed by atoms with E-state index in [-0.39, 0.29) is 17.4 Å². The molecule has 2 aliphatic heterocycles. The van der Waals surface area contributed by atoms with Crippen molar-refractivity contribution in [3.05, 3.63) is 52.2 Å². The van der Waals surface area contributed by atoms with Crippen LogP contribution >= 0.6 is 11.3 Å². The Hall–Kier alpha value is -1.85. The van der Waals surface area contributed by atoms with Crippen LogP contribution in [0.1, 0.15) is 42.7 Å². The summed E-state index contributed by atoms with van der Waals surface area (Å²) in [5.74, 6) is 1.42. The second-order valence-corrected chi connectivity index (χ2v) is 8.90. The average Bonchev–Trinajstić information content (AvgIpc) is 3.17. The van der Waals surface area contributed by atoms with Gasteiger partial charge in [-0.05, 0) is 53.3 Å². The van der Waals surface area contributed by atoms with Crippen molar-refractivity contribution in [2.75, 3.05) is 27.2 Å². The molecule has 0 radical (unpaired) electrons. The number of thiophene rings is 1. The third-order valence-corrected chi connectivity index (χ3v) is 6.71. The van der Waals surface area contributed by atoms with Crippen LogP contribution in [0.3, 0.4) is 0 Å². The van der Waals surface area contributed by atoms with Crippen LogP contribution in [0.5, 0.6) is 5.75 Å². The van der Waals surface area contributed by atoms with Gasteiger partial charge in [-0.3, -0.25) is 9.69 Å². The first kappa shape index (κ1) is 18.5. The van der Waals surface area contributed by atoms with Crippen LogP contribution in [-0.4, -0.2) is 48.5 Å². The van der Waals surface area contributed by atoms with E-state index in [1.54, 1.807) is 16.2 Å². The molecule has 4 nitrogen and oxygen atoms in total. The molecule has 1 spiro atoms. The van der Waals surface area contributed by atoms with E-state index in [1.165, 1.54) is 11.1 Å². The molecule has 0 aliphatic carbocycles. The number of fused-ring (bicyclic) bond motifs is 1. The molecule has 1 fully saturated rings. The SMILES string of the molecule is CN(C)C(=O)C[C@H]1CC2(CCN(Cc3ccsc3)CC2)Oc2ccccc21. The van der Waals surface area contributed by atoms with Gasteiger partial charge in [0.2, 0.25) is 5.91 Å². The average molecular weight is 385 g/mol. The molecule has 0 bridgehead atoms. The van der Waals surface area contributed by atoms with Crippen LogP contribution in [0.4, 0.5) is 0 Å². The molecule has 2 aliphatic rings. The number of hydrogen-bond donors (Lipinski definition) is 0. The highest BCUT2D eigenvalue weighted by molar-refractivity contribution is 7.07. The Labute approximate surface area is 165 Å². The molecule has 1 amide bonds. The van der Waals surface area contributed by atoms with Gasteiger partial charge in [-0.25, -0.2) is 0 Å². The van der Waals surface area contributed by atoms with E-state index >= 15 is 0 Å². The Bertz CT molecular complexity index is 779. The number of piperidine rings is 1. The zero-order valence-corrected chi connectivity index (χ0v) is 17.0.